The first-order valence-corrected chi connectivity index (χ1v) is 5.88. The smallest absolute Gasteiger partial charge is 0.123 e. The van der Waals surface area contributed by atoms with Gasteiger partial charge < -0.3 is 10.6 Å². The molecule has 1 aromatic rings. The Morgan fingerprint density at radius 3 is 2.75 bits per heavy atom. The van der Waals surface area contributed by atoms with Crippen LogP contribution in [0, 0.1) is 5.82 Å². The second kappa shape index (κ2) is 6.48. The fourth-order valence-corrected chi connectivity index (χ4v) is 1.80. The van der Waals surface area contributed by atoms with Crippen molar-refractivity contribution in [2.24, 2.45) is 5.73 Å². The molecular formula is C13H21FN2. The molecule has 16 heavy (non-hydrogen) atoms. The van der Waals surface area contributed by atoms with Crippen LogP contribution in [0.15, 0.2) is 18.2 Å². The number of unbranched alkanes of at least 4 members (excludes halogenated alkanes) is 1. The molecule has 3 heteroatoms. The number of halogens is 1. The third kappa shape index (κ3) is 3.49. The molecule has 0 atom stereocenters. The van der Waals surface area contributed by atoms with Gasteiger partial charge in [-0.1, -0.05) is 13.3 Å². The summed E-state index contributed by atoms with van der Waals surface area (Å²) in [5.74, 6) is -0.184. The van der Waals surface area contributed by atoms with Crippen LogP contribution in [0.5, 0.6) is 0 Å². The van der Waals surface area contributed by atoms with Crippen LogP contribution in [-0.4, -0.2) is 20.1 Å². The van der Waals surface area contributed by atoms with Gasteiger partial charge in [0.25, 0.3) is 0 Å². The van der Waals surface area contributed by atoms with E-state index in [-0.39, 0.29) is 5.82 Å². The Kier molecular flexibility index (Phi) is 5.26. The predicted molar refractivity (Wildman–Crippen MR) is 67.3 cm³/mol. The Hall–Kier alpha value is -1.09. The maximum absolute atomic E-state index is 13.1. The number of benzene rings is 1. The minimum atomic E-state index is -0.184. The Balaban J connectivity index is 2.84. The molecule has 1 aromatic carbocycles. The average molecular weight is 224 g/mol. The van der Waals surface area contributed by atoms with Crippen molar-refractivity contribution in [3.63, 3.8) is 0 Å². The molecule has 0 spiro atoms. The minimum Gasteiger partial charge on any atom is -0.374 e. The second-order valence-electron chi connectivity index (χ2n) is 4.09. The fourth-order valence-electron chi connectivity index (χ4n) is 1.80. The van der Waals surface area contributed by atoms with Gasteiger partial charge in [-0.25, -0.2) is 4.39 Å². The molecule has 0 heterocycles. The van der Waals surface area contributed by atoms with E-state index in [2.05, 4.69) is 11.8 Å². The maximum Gasteiger partial charge on any atom is 0.123 e. The maximum atomic E-state index is 13.1. The van der Waals surface area contributed by atoms with Gasteiger partial charge in [0.2, 0.25) is 0 Å². The summed E-state index contributed by atoms with van der Waals surface area (Å²) in [4.78, 5) is 2.17. The van der Waals surface area contributed by atoms with E-state index in [0.29, 0.717) is 6.54 Å². The van der Waals surface area contributed by atoms with Crippen molar-refractivity contribution in [3.05, 3.63) is 29.6 Å². The summed E-state index contributed by atoms with van der Waals surface area (Å²) in [6.45, 7) is 3.72. The van der Waals surface area contributed by atoms with Crippen molar-refractivity contribution < 1.29 is 4.39 Å². The third-order valence-corrected chi connectivity index (χ3v) is 2.71. The Morgan fingerprint density at radius 2 is 2.12 bits per heavy atom. The van der Waals surface area contributed by atoms with Crippen LogP contribution < -0.4 is 10.6 Å². The van der Waals surface area contributed by atoms with E-state index >= 15 is 0 Å². The highest BCUT2D eigenvalue weighted by molar-refractivity contribution is 5.53. The van der Waals surface area contributed by atoms with Crippen molar-refractivity contribution >= 4 is 5.69 Å². The molecule has 0 radical (unpaired) electrons. The van der Waals surface area contributed by atoms with Gasteiger partial charge in [-0.2, -0.15) is 0 Å². The van der Waals surface area contributed by atoms with Gasteiger partial charge in [-0.15, -0.1) is 0 Å². The first-order chi connectivity index (χ1) is 7.69. The molecule has 2 nitrogen and oxygen atoms in total. The number of hydrogen-bond acceptors (Lipinski definition) is 2. The molecule has 0 amide bonds. The van der Waals surface area contributed by atoms with Gasteiger partial charge in [0.15, 0.2) is 0 Å². The van der Waals surface area contributed by atoms with Crippen LogP contribution in [-0.2, 0) is 6.42 Å². The zero-order valence-corrected chi connectivity index (χ0v) is 10.2. The molecule has 0 aliphatic rings. The zero-order valence-electron chi connectivity index (χ0n) is 10.2. The van der Waals surface area contributed by atoms with Crippen LogP contribution >= 0.6 is 0 Å². The van der Waals surface area contributed by atoms with Gasteiger partial charge in [0.05, 0.1) is 0 Å². The zero-order chi connectivity index (χ0) is 12.0. The SMILES string of the molecule is CCCCN(C)c1ccc(F)cc1CCN. The quantitative estimate of drug-likeness (QED) is 0.804. The van der Waals surface area contributed by atoms with Crippen LogP contribution in [0.4, 0.5) is 10.1 Å². The van der Waals surface area contributed by atoms with E-state index in [0.717, 1.165) is 37.1 Å². The first kappa shape index (κ1) is 13.0. The largest absolute Gasteiger partial charge is 0.374 e. The highest BCUT2D eigenvalue weighted by Gasteiger charge is 2.07. The van der Waals surface area contributed by atoms with Crippen LogP contribution in [0.1, 0.15) is 25.3 Å². The normalized spacial score (nSPS) is 10.5. The lowest BCUT2D eigenvalue weighted by Gasteiger charge is -2.22. The predicted octanol–water partition coefficient (Wildman–Crippen LogP) is 2.56. The lowest BCUT2D eigenvalue weighted by molar-refractivity contribution is 0.624. The Bertz CT molecular complexity index is 326. The molecule has 1 rings (SSSR count). The second-order valence-corrected chi connectivity index (χ2v) is 4.09. The summed E-state index contributed by atoms with van der Waals surface area (Å²) >= 11 is 0. The highest BCUT2D eigenvalue weighted by Crippen LogP contribution is 2.21. The molecule has 0 bridgehead atoms. The topological polar surface area (TPSA) is 29.3 Å². The summed E-state index contributed by atoms with van der Waals surface area (Å²) in [6.07, 6.45) is 3.04. The molecule has 90 valence electrons. The number of nitrogens with zero attached hydrogens (tertiary/aromatic N) is 1. The van der Waals surface area contributed by atoms with E-state index in [1.165, 1.54) is 6.07 Å². The van der Waals surface area contributed by atoms with E-state index in [9.17, 15) is 4.39 Å². The summed E-state index contributed by atoms with van der Waals surface area (Å²) in [6, 6.07) is 4.94. The fraction of sp³-hybridized carbons (Fsp3) is 0.538. The Morgan fingerprint density at radius 1 is 1.38 bits per heavy atom. The summed E-state index contributed by atoms with van der Waals surface area (Å²) in [5.41, 5.74) is 7.64. The Labute approximate surface area is 97.3 Å². The molecule has 0 unspecified atom stereocenters. The van der Waals surface area contributed by atoms with Gasteiger partial charge in [-0.05, 0) is 43.1 Å². The molecule has 0 fully saturated rings. The van der Waals surface area contributed by atoms with Crippen LogP contribution in [0.3, 0.4) is 0 Å². The summed E-state index contributed by atoms with van der Waals surface area (Å²) < 4.78 is 13.1. The lowest BCUT2D eigenvalue weighted by atomic mass is 10.1. The summed E-state index contributed by atoms with van der Waals surface area (Å²) in [5, 5.41) is 0. The number of nitrogens with two attached hydrogens (primary N) is 1. The monoisotopic (exact) mass is 224 g/mol. The van der Waals surface area contributed by atoms with E-state index in [1.54, 1.807) is 6.07 Å². The van der Waals surface area contributed by atoms with Gasteiger partial charge in [0.1, 0.15) is 5.82 Å². The van der Waals surface area contributed by atoms with Crippen molar-refractivity contribution in [2.75, 3.05) is 25.0 Å². The molecule has 0 aliphatic carbocycles. The van der Waals surface area contributed by atoms with Crippen LogP contribution in [0.25, 0.3) is 0 Å². The van der Waals surface area contributed by atoms with E-state index in [4.69, 9.17) is 5.73 Å². The van der Waals surface area contributed by atoms with Crippen molar-refractivity contribution in [3.8, 4) is 0 Å². The van der Waals surface area contributed by atoms with Gasteiger partial charge in [-0.3, -0.25) is 0 Å². The molecule has 0 aliphatic heterocycles. The molecule has 2 N–H and O–H groups in total. The van der Waals surface area contributed by atoms with Crippen molar-refractivity contribution in [1.29, 1.82) is 0 Å². The number of anilines is 1. The number of rotatable bonds is 6. The molecule has 0 saturated heterocycles. The van der Waals surface area contributed by atoms with Gasteiger partial charge >= 0.3 is 0 Å². The first-order valence-electron chi connectivity index (χ1n) is 5.88. The average Bonchev–Trinajstić information content (AvgIpc) is 2.26. The standard InChI is InChI=1S/C13H21FN2/c1-3-4-9-16(2)13-6-5-12(14)10-11(13)7-8-15/h5-6,10H,3-4,7-9,15H2,1-2H3. The summed E-state index contributed by atoms with van der Waals surface area (Å²) in [7, 11) is 2.04. The van der Waals surface area contributed by atoms with Gasteiger partial charge in [0, 0.05) is 19.3 Å². The van der Waals surface area contributed by atoms with Crippen LogP contribution in [0.2, 0.25) is 0 Å². The molecule has 0 aromatic heterocycles. The van der Waals surface area contributed by atoms with Crippen molar-refractivity contribution in [2.45, 2.75) is 26.2 Å². The molecular weight excluding hydrogens is 203 g/mol. The highest BCUT2D eigenvalue weighted by atomic mass is 19.1. The van der Waals surface area contributed by atoms with Crippen molar-refractivity contribution in [1.82, 2.24) is 0 Å². The van der Waals surface area contributed by atoms with E-state index < -0.39 is 0 Å². The number of hydrogen-bond donors (Lipinski definition) is 1. The third-order valence-electron chi connectivity index (χ3n) is 2.71. The molecule has 0 saturated carbocycles. The minimum absolute atomic E-state index is 0.184. The lowest BCUT2D eigenvalue weighted by Crippen LogP contribution is -2.20. The van der Waals surface area contributed by atoms with E-state index in [1.807, 2.05) is 13.1 Å².